The van der Waals surface area contributed by atoms with Gasteiger partial charge < -0.3 is 22.2 Å². The van der Waals surface area contributed by atoms with Crippen molar-refractivity contribution in [3.05, 3.63) is 36.3 Å². The first-order chi connectivity index (χ1) is 10.2. The zero-order valence-electron chi connectivity index (χ0n) is 11.5. The maximum absolute atomic E-state index is 6.23. The molecule has 3 aromatic rings. The number of hydrogen-bond acceptors (Lipinski definition) is 6. The van der Waals surface area contributed by atoms with Crippen molar-refractivity contribution in [2.75, 3.05) is 12.3 Å². The molecule has 7 N–H and O–H groups in total. The van der Waals surface area contributed by atoms with Crippen LogP contribution in [0.3, 0.4) is 0 Å². The molecule has 3 aromatic heterocycles. The lowest BCUT2D eigenvalue weighted by atomic mass is 9.99. The number of nitrogens with two attached hydrogens (primary N) is 3. The summed E-state index contributed by atoms with van der Waals surface area (Å²) in [5.41, 5.74) is 20.9. The monoisotopic (exact) mass is 283 g/mol. The Morgan fingerprint density at radius 1 is 1.19 bits per heavy atom. The number of nitrogens with one attached hydrogen (secondary N) is 1. The molecule has 0 aliphatic carbocycles. The Morgan fingerprint density at radius 3 is 2.76 bits per heavy atom. The van der Waals surface area contributed by atoms with E-state index in [1.807, 2.05) is 18.3 Å². The van der Waals surface area contributed by atoms with Crippen molar-refractivity contribution in [1.29, 1.82) is 0 Å². The third-order valence-electron chi connectivity index (χ3n) is 3.43. The van der Waals surface area contributed by atoms with Crippen molar-refractivity contribution in [3.8, 4) is 11.3 Å². The van der Waals surface area contributed by atoms with Gasteiger partial charge in [0.1, 0.15) is 5.65 Å². The molecule has 0 aliphatic heterocycles. The number of aromatic nitrogens is 4. The van der Waals surface area contributed by atoms with Gasteiger partial charge in [-0.2, -0.15) is 0 Å². The number of rotatable bonds is 4. The van der Waals surface area contributed by atoms with Gasteiger partial charge in [-0.05, 0) is 30.7 Å². The molecule has 3 heterocycles. The molecule has 1 atom stereocenters. The molecule has 0 amide bonds. The van der Waals surface area contributed by atoms with Crippen LogP contribution in [0.2, 0.25) is 0 Å². The molecule has 0 saturated carbocycles. The number of anilines is 1. The lowest BCUT2D eigenvalue weighted by Gasteiger charge is -2.13. The molecule has 0 bridgehead atoms. The molecule has 0 aliphatic rings. The second-order valence-electron chi connectivity index (χ2n) is 4.81. The quantitative estimate of drug-likeness (QED) is 0.563. The summed E-state index contributed by atoms with van der Waals surface area (Å²) in [6.07, 6.45) is 5.93. The molecule has 21 heavy (non-hydrogen) atoms. The molecule has 0 fully saturated rings. The van der Waals surface area contributed by atoms with E-state index in [1.54, 1.807) is 12.4 Å². The van der Waals surface area contributed by atoms with Gasteiger partial charge in [-0.25, -0.2) is 15.0 Å². The second-order valence-corrected chi connectivity index (χ2v) is 4.81. The van der Waals surface area contributed by atoms with E-state index in [0.717, 1.165) is 27.9 Å². The average Bonchev–Trinajstić information content (AvgIpc) is 2.91. The molecule has 7 nitrogen and oxygen atoms in total. The van der Waals surface area contributed by atoms with Gasteiger partial charge in [0.25, 0.3) is 0 Å². The molecule has 7 heteroatoms. The van der Waals surface area contributed by atoms with Crippen molar-refractivity contribution in [3.63, 3.8) is 0 Å². The highest BCUT2D eigenvalue weighted by atomic mass is 15.0. The Balaban J connectivity index is 2.20. The van der Waals surface area contributed by atoms with E-state index in [9.17, 15) is 0 Å². The smallest absolute Gasteiger partial charge is 0.220 e. The topological polar surface area (TPSA) is 133 Å². The van der Waals surface area contributed by atoms with Crippen molar-refractivity contribution >= 4 is 17.0 Å². The lowest BCUT2D eigenvalue weighted by molar-refractivity contribution is 0.665. The Morgan fingerprint density at radius 2 is 2.00 bits per heavy atom. The van der Waals surface area contributed by atoms with Crippen LogP contribution >= 0.6 is 0 Å². The summed E-state index contributed by atoms with van der Waals surface area (Å²) in [6.45, 7) is 0.533. The maximum atomic E-state index is 6.23. The predicted octanol–water partition coefficient (Wildman–Crippen LogP) is 0.951. The highest BCUT2D eigenvalue weighted by molar-refractivity contribution is 5.95. The van der Waals surface area contributed by atoms with Crippen LogP contribution < -0.4 is 17.2 Å². The van der Waals surface area contributed by atoms with E-state index in [0.29, 0.717) is 13.0 Å². The minimum absolute atomic E-state index is 0.144. The van der Waals surface area contributed by atoms with Gasteiger partial charge in [-0.1, -0.05) is 0 Å². The standard InChI is InChI=1S/C14H17N7/c15-4-1-10(16)8-2-5-18-13-12(8)9(7-20-13)11-3-6-19-14(17)21-11/h2-3,5-7,10H,1,4,15-16H2,(H,18,20)(H2,17,19,21). The van der Waals surface area contributed by atoms with Gasteiger partial charge >= 0.3 is 0 Å². The fourth-order valence-corrected chi connectivity index (χ4v) is 2.45. The van der Waals surface area contributed by atoms with Crippen LogP contribution in [-0.4, -0.2) is 26.5 Å². The number of hydrogen-bond donors (Lipinski definition) is 4. The molecular formula is C14H17N7. The number of pyridine rings is 1. The first kappa shape index (κ1) is 13.5. The molecule has 0 radical (unpaired) electrons. The van der Waals surface area contributed by atoms with Crippen LogP contribution in [-0.2, 0) is 0 Å². The van der Waals surface area contributed by atoms with Crippen LogP contribution in [0.5, 0.6) is 0 Å². The SMILES string of the molecule is NCCC(N)c1ccnc2[nH]cc(-c3ccnc(N)n3)c12. The molecule has 0 saturated heterocycles. The summed E-state index contributed by atoms with van der Waals surface area (Å²) in [6, 6.07) is 3.59. The first-order valence-electron chi connectivity index (χ1n) is 6.71. The summed E-state index contributed by atoms with van der Waals surface area (Å²) in [4.78, 5) is 15.7. The van der Waals surface area contributed by atoms with Gasteiger partial charge in [-0.3, -0.25) is 0 Å². The fraction of sp³-hybridized carbons (Fsp3) is 0.214. The van der Waals surface area contributed by atoms with Crippen LogP contribution in [0, 0.1) is 0 Å². The van der Waals surface area contributed by atoms with Crippen molar-refractivity contribution in [1.82, 2.24) is 19.9 Å². The second kappa shape index (κ2) is 5.47. The largest absolute Gasteiger partial charge is 0.368 e. The first-order valence-corrected chi connectivity index (χ1v) is 6.71. The minimum Gasteiger partial charge on any atom is -0.368 e. The van der Waals surface area contributed by atoms with Gasteiger partial charge in [0, 0.05) is 35.6 Å². The number of aromatic amines is 1. The van der Waals surface area contributed by atoms with E-state index >= 15 is 0 Å². The zero-order chi connectivity index (χ0) is 14.8. The molecule has 108 valence electrons. The molecule has 0 spiro atoms. The van der Waals surface area contributed by atoms with Gasteiger partial charge in [0.05, 0.1) is 5.69 Å². The number of nitrogen functional groups attached to an aromatic ring is 1. The van der Waals surface area contributed by atoms with E-state index < -0.39 is 0 Å². The summed E-state index contributed by atoms with van der Waals surface area (Å²) in [7, 11) is 0. The third-order valence-corrected chi connectivity index (χ3v) is 3.43. The summed E-state index contributed by atoms with van der Waals surface area (Å²) >= 11 is 0. The van der Waals surface area contributed by atoms with Crippen LogP contribution in [0.1, 0.15) is 18.0 Å². The summed E-state index contributed by atoms with van der Waals surface area (Å²) in [5, 5.41) is 0.955. The third kappa shape index (κ3) is 2.44. The van der Waals surface area contributed by atoms with E-state index in [1.165, 1.54) is 0 Å². The molecule has 1 unspecified atom stereocenters. The average molecular weight is 283 g/mol. The maximum Gasteiger partial charge on any atom is 0.220 e. The molecule has 0 aromatic carbocycles. The highest BCUT2D eigenvalue weighted by Crippen LogP contribution is 2.32. The normalized spacial score (nSPS) is 12.7. The Kier molecular flexibility index (Phi) is 3.51. The Labute approximate surface area is 121 Å². The van der Waals surface area contributed by atoms with Crippen molar-refractivity contribution in [2.45, 2.75) is 12.5 Å². The Bertz CT molecular complexity index is 765. The van der Waals surface area contributed by atoms with Crippen molar-refractivity contribution in [2.24, 2.45) is 11.5 Å². The summed E-state index contributed by atoms with van der Waals surface area (Å²) in [5.74, 6) is 0.235. The van der Waals surface area contributed by atoms with E-state index in [2.05, 4.69) is 19.9 Å². The molecular weight excluding hydrogens is 266 g/mol. The highest BCUT2D eigenvalue weighted by Gasteiger charge is 2.16. The van der Waals surface area contributed by atoms with Gasteiger partial charge in [-0.15, -0.1) is 0 Å². The number of nitrogens with zero attached hydrogens (tertiary/aromatic N) is 3. The number of fused-ring (bicyclic) bond motifs is 1. The Hall–Kier alpha value is -2.51. The van der Waals surface area contributed by atoms with Crippen molar-refractivity contribution < 1.29 is 0 Å². The van der Waals surface area contributed by atoms with E-state index in [4.69, 9.17) is 17.2 Å². The summed E-state index contributed by atoms with van der Waals surface area (Å²) < 4.78 is 0. The predicted molar refractivity (Wildman–Crippen MR) is 82.1 cm³/mol. The number of H-pyrrole nitrogens is 1. The van der Waals surface area contributed by atoms with Crippen LogP contribution in [0.25, 0.3) is 22.3 Å². The fourth-order valence-electron chi connectivity index (χ4n) is 2.45. The lowest BCUT2D eigenvalue weighted by Crippen LogP contribution is -2.15. The van der Waals surface area contributed by atoms with Gasteiger partial charge in [0.2, 0.25) is 5.95 Å². The zero-order valence-corrected chi connectivity index (χ0v) is 11.5. The van der Waals surface area contributed by atoms with Gasteiger partial charge in [0.15, 0.2) is 0 Å². The van der Waals surface area contributed by atoms with Crippen LogP contribution in [0.15, 0.2) is 30.7 Å². The van der Waals surface area contributed by atoms with Crippen LogP contribution in [0.4, 0.5) is 5.95 Å². The minimum atomic E-state index is -0.144. The van der Waals surface area contributed by atoms with E-state index in [-0.39, 0.29) is 12.0 Å². The molecule has 3 rings (SSSR count).